The number of Topliss-reactive ketones (excluding diaryl/α,β-unsaturated/α-hetero) is 1. The van der Waals surface area contributed by atoms with Gasteiger partial charge in [0, 0.05) is 16.1 Å². The first-order chi connectivity index (χ1) is 11.1. The van der Waals surface area contributed by atoms with Crippen LogP contribution in [0.15, 0.2) is 59.1 Å². The predicted octanol–water partition coefficient (Wildman–Crippen LogP) is 4.78. The highest BCUT2D eigenvalue weighted by Gasteiger charge is 2.07. The van der Waals surface area contributed by atoms with Crippen molar-refractivity contribution in [1.29, 1.82) is 0 Å². The first-order valence-corrected chi connectivity index (χ1v) is 7.44. The van der Waals surface area contributed by atoms with E-state index in [0.717, 1.165) is 5.56 Å². The number of aromatic nitrogens is 1. The lowest BCUT2D eigenvalue weighted by molar-refractivity contribution is 0.101. The molecule has 0 aliphatic carbocycles. The zero-order chi connectivity index (χ0) is 16.2. The minimum Gasteiger partial charge on any atom is -0.484 e. The Morgan fingerprint density at radius 1 is 1.13 bits per heavy atom. The lowest BCUT2D eigenvalue weighted by Gasteiger charge is -2.04. The standard InChI is InChI=1S/C18H14ClNO3/c1-12(21)13-4-8-16(9-5-13)22-11-18-20-10-17(23-18)14-2-6-15(19)7-3-14/h2-10H,11H2,1H3. The van der Waals surface area contributed by atoms with E-state index < -0.39 is 0 Å². The second-order valence-electron chi connectivity index (χ2n) is 4.99. The van der Waals surface area contributed by atoms with E-state index in [0.29, 0.717) is 28.0 Å². The largest absolute Gasteiger partial charge is 0.484 e. The van der Waals surface area contributed by atoms with E-state index in [1.54, 1.807) is 42.6 Å². The molecule has 1 aromatic heterocycles. The summed E-state index contributed by atoms with van der Waals surface area (Å²) in [4.78, 5) is 15.4. The molecule has 1 heterocycles. The number of oxazole rings is 1. The molecule has 0 fully saturated rings. The van der Waals surface area contributed by atoms with Gasteiger partial charge >= 0.3 is 0 Å². The number of hydrogen-bond acceptors (Lipinski definition) is 4. The van der Waals surface area contributed by atoms with Gasteiger partial charge < -0.3 is 9.15 Å². The Labute approximate surface area is 138 Å². The number of carbonyl (C=O) groups excluding carboxylic acids is 1. The van der Waals surface area contributed by atoms with Gasteiger partial charge in [0.2, 0.25) is 5.89 Å². The monoisotopic (exact) mass is 327 g/mol. The van der Waals surface area contributed by atoms with Crippen LogP contribution >= 0.6 is 11.6 Å². The lowest BCUT2D eigenvalue weighted by Crippen LogP contribution is -1.96. The molecule has 0 atom stereocenters. The van der Waals surface area contributed by atoms with Crippen LogP contribution in [0.25, 0.3) is 11.3 Å². The minimum absolute atomic E-state index is 0.0249. The number of ketones is 1. The van der Waals surface area contributed by atoms with Gasteiger partial charge in [-0.3, -0.25) is 4.79 Å². The third-order valence-corrected chi connectivity index (χ3v) is 3.56. The summed E-state index contributed by atoms with van der Waals surface area (Å²) in [5.74, 6) is 1.82. The van der Waals surface area contributed by atoms with Gasteiger partial charge in [-0.05, 0) is 55.5 Å². The van der Waals surface area contributed by atoms with Crippen LogP contribution in [0, 0.1) is 0 Å². The Kier molecular flexibility index (Phi) is 4.44. The Hall–Kier alpha value is -2.59. The number of halogens is 1. The second kappa shape index (κ2) is 6.67. The molecule has 3 rings (SSSR count). The third-order valence-electron chi connectivity index (χ3n) is 3.31. The molecule has 116 valence electrons. The zero-order valence-electron chi connectivity index (χ0n) is 12.5. The molecule has 0 saturated heterocycles. The van der Waals surface area contributed by atoms with Gasteiger partial charge in [-0.25, -0.2) is 4.98 Å². The van der Waals surface area contributed by atoms with Crippen molar-refractivity contribution in [3.05, 3.63) is 71.2 Å². The number of nitrogens with zero attached hydrogens (tertiary/aromatic N) is 1. The summed E-state index contributed by atoms with van der Waals surface area (Å²) >= 11 is 5.87. The highest BCUT2D eigenvalue weighted by Crippen LogP contribution is 2.23. The van der Waals surface area contributed by atoms with E-state index in [2.05, 4.69) is 4.98 Å². The van der Waals surface area contributed by atoms with Gasteiger partial charge in [0.05, 0.1) is 6.20 Å². The SMILES string of the molecule is CC(=O)c1ccc(OCc2ncc(-c3ccc(Cl)cc3)o2)cc1. The minimum atomic E-state index is 0.0249. The van der Waals surface area contributed by atoms with Crippen LogP contribution in [0.1, 0.15) is 23.2 Å². The molecule has 0 saturated carbocycles. The molecule has 0 bridgehead atoms. The van der Waals surface area contributed by atoms with Gasteiger partial charge in [-0.1, -0.05) is 11.6 Å². The molecule has 23 heavy (non-hydrogen) atoms. The summed E-state index contributed by atoms with van der Waals surface area (Å²) in [6.45, 7) is 1.74. The Morgan fingerprint density at radius 2 is 1.83 bits per heavy atom. The van der Waals surface area contributed by atoms with Crippen LogP contribution in [0.5, 0.6) is 5.75 Å². The second-order valence-corrected chi connectivity index (χ2v) is 5.43. The number of rotatable bonds is 5. The van der Waals surface area contributed by atoms with Crippen molar-refractivity contribution in [2.45, 2.75) is 13.5 Å². The zero-order valence-corrected chi connectivity index (χ0v) is 13.2. The molecule has 0 amide bonds. The fourth-order valence-electron chi connectivity index (χ4n) is 2.06. The molecular weight excluding hydrogens is 314 g/mol. The van der Waals surface area contributed by atoms with Crippen LogP contribution in [-0.4, -0.2) is 10.8 Å². The average molecular weight is 328 g/mol. The van der Waals surface area contributed by atoms with Crippen molar-refractivity contribution in [2.24, 2.45) is 0 Å². The Morgan fingerprint density at radius 3 is 2.48 bits per heavy atom. The molecule has 4 nitrogen and oxygen atoms in total. The maximum Gasteiger partial charge on any atom is 0.232 e. The molecule has 3 aromatic rings. The number of hydrogen-bond donors (Lipinski definition) is 0. The van der Waals surface area contributed by atoms with E-state index in [1.165, 1.54) is 6.92 Å². The normalized spacial score (nSPS) is 10.5. The van der Waals surface area contributed by atoms with Crippen LogP contribution < -0.4 is 4.74 Å². The Bertz CT molecular complexity index is 807. The summed E-state index contributed by atoms with van der Waals surface area (Å²) < 4.78 is 11.3. The predicted molar refractivity (Wildman–Crippen MR) is 87.7 cm³/mol. The number of benzene rings is 2. The molecule has 0 spiro atoms. The summed E-state index contributed by atoms with van der Waals surface area (Å²) in [6.07, 6.45) is 1.65. The van der Waals surface area contributed by atoms with E-state index in [9.17, 15) is 4.79 Å². The summed E-state index contributed by atoms with van der Waals surface area (Å²) in [6, 6.07) is 14.3. The maximum absolute atomic E-state index is 11.2. The van der Waals surface area contributed by atoms with Crippen LogP contribution in [-0.2, 0) is 6.61 Å². The van der Waals surface area contributed by atoms with Crippen molar-refractivity contribution < 1.29 is 13.9 Å². The summed E-state index contributed by atoms with van der Waals surface area (Å²) in [5, 5.41) is 0.672. The van der Waals surface area contributed by atoms with E-state index in [-0.39, 0.29) is 12.4 Å². The molecule has 0 aliphatic heterocycles. The van der Waals surface area contributed by atoms with Crippen molar-refractivity contribution >= 4 is 17.4 Å². The molecule has 2 aromatic carbocycles. The summed E-state index contributed by atoms with van der Waals surface area (Å²) in [7, 11) is 0. The number of ether oxygens (including phenoxy) is 1. The van der Waals surface area contributed by atoms with Crippen molar-refractivity contribution in [2.75, 3.05) is 0 Å². The molecule has 0 unspecified atom stereocenters. The van der Waals surface area contributed by atoms with E-state index >= 15 is 0 Å². The summed E-state index contributed by atoms with van der Waals surface area (Å²) in [5.41, 5.74) is 1.55. The molecule has 0 N–H and O–H groups in total. The van der Waals surface area contributed by atoms with E-state index in [1.807, 2.05) is 12.1 Å². The first-order valence-electron chi connectivity index (χ1n) is 7.06. The van der Waals surface area contributed by atoms with Crippen molar-refractivity contribution in [3.63, 3.8) is 0 Å². The van der Waals surface area contributed by atoms with Gasteiger partial charge in [-0.15, -0.1) is 0 Å². The topological polar surface area (TPSA) is 52.3 Å². The van der Waals surface area contributed by atoms with Gasteiger partial charge in [-0.2, -0.15) is 0 Å². The smallest absolute Gasteiger partial charge is 0.232 e. The molecule has 5 heteroatoms. The number of carbonyl (C=O) groups is 1. The first kappa shape index (κ1) is 15.3. The van der Waals surface area contributed by atoms with Crippen molar-refractivity contribution in [1.82, 2.24) is 4.98 Å². The maximum atomic E-state index is 11.2. The third kappa shape index (κ3) is 3.79. The van der Waals surface area contributed by atoms with E-state index in [4.69, 9.17) is 20.8 Å². The van der Waals surface area contributed by atoms with Crippen LogP contribution in [0.4, 0.5) is 0 Å². The molecule has 0 aliphatic rings. The highest BCUT2D eigenvalue weighted by atomic mass is 35.5. The average Bonchev–Trinajstić information content (AvgIpc) is 3.03. The van der Waals surface area contributed by atoms with Crippen LogP contribution in [0.2, 0.25) is 5.02 Å². The highest BCUT2D eigenvalue weighted by molar-refractivity contribution is 6.30. The fourth-order valence-corrected chi connectivity index (χ4v) is 2.18. The lowest BCUT2D eigenvalue weighted by atomic mass is 10.1. The van der Waals surface area contributed by atoms with Gasteiger partial charge in [0.1, 0.15) is 5.75 Å². The van der Waals surface area contributed by atoms with Crippen LogP contribution in [0.3, 0.4) is 0 Å². The molecule has 0 radical (unpaired) electrons. The van der Waals surface area contributed by atoms with Gasteiger partial charge in [0.15, 0.2) is 18.2 Å². The molecular formula is C18H14ClNO3. The fraction of sp³-hybridized carbons (Fsp3) is 0.111. The van der Waals surface area contributed by atoms with Gasteiger partial charge in [0.25, 0.3) is 0 Å². The quantitative estimate of drug-likeness (QED) is 0.633. The Balaban J connectivity index is 1.65. The van der Waals surface area contributed by atoms with Crippen molar-refractivity contribution in [3.8, 4) is 17.1 Å².